The van der Waals surface area contributed by atoms with Crippen molar-refractivity contribution in [1.82, 2.24) is 10.1 Å². The van der Waals surface area contributed by atoms with E-state index in [1.165, 1.54) is 24.3 Å². The third kappa shape index (κ3) is 2.46. The van der Waals surface area contributed by atoms with Gasteiger partial charge in [0.2, 0.25) is 5.82 Å². The number of aromatic carboxylic acids is 1. The first-order valence-electron chi connectivity index (χ1n) is 6.49. The molecular weight excluding hydrogens is 287 g/mol. The average molecular weight is 298 g/mol. The van der Waals surface area contributed by atoms with Gasteiger partial charge in [-0.1, -0.05) is 23.4 Å². The Kier molecular flexibility index (Phi) is 3.42. The quantitative estimate of drug-likeness (QED) is 0.800. The minimum Gasteiger partial charge on any atom is -0.478 e. The summed E-state index contributed by atoms with van der Waals surface area (Å²) in [4.78, 5) is 15.2. The summed E-state index contributed by atoms with van der Waals surface area (Å²) in [6, 6.07) is 10.7. The van der Waals surface area contributed by atoms with Gasteiger partial charge in [0.05, 0.1) is 11.1 Å². The van der Waals surface area contributed by atoms with Crippen molar-refractivity contribution in [3.63, 3.8) is 0 Å². The van der Waals surface area contributed by atoms with Crippen molar-refractivity contribution in [3.8, 4) is 22.8 Å². The van der Waals surface area contributed by atoms with E-state index in [9.17, 15) is 9.18 Å². The van der Waals surface area contributed by atoms with Gasteiger partial charge in [0.25, 0.3) is 5.89 Å². The van der Waals surface area contributed by atoms with Gasteiger partial charge in [0.15, 0.2) is 0 Å². The van der Waals surface area contributed by atoms with Crippen molar-refractivity contribution in [2.24, 2.45) is 0 Å². The topological polar surface area (TPSA) is 76.2 Å². The van der Waals surface area contributed by atoms with Crippen LogP contribution in [0.15, 0.2) is 47.0 Å². The summed E-state index contributed by atoms with van der Waals surface area (Å²) in [5, 5.41) is 12.9. The molecule has 0 saturated carbocycles. The highest BCUT2D eigenvalue weighted by molar-refractivity contribution is 5.89. The van der Waals surface area contributed by atoms with Crippen LogP contribution in [0.1, 0.15) is 15.9 Å². The highest BCUT2D eigenvalue weighted by Gasteiger charge is 2.16. The second-order valence-corrected chi connectivity index (χ2v) is 4.74. The number of benzene rings is 2. The molecule has 0 spiro atoms. The molecule has 0 aliphatic rings. The predicted octanol–water partition coefficient (Wildman–Crippen LogP) is 3.55. The molecule has 0 saturated heterocycles. The Labute approximate surface area is 125 Å². The van der Waals surface area contributed by atoms with Crippen molar-refractivity contribution in [1.29, 1.82) is 0 Å². The molecule has 3 rings (SSSR count). The van der Waals surface area contributed by atoms with Crippen LogP contribution in [-0.4, -0.2) is 21.2 Å². The number of hydrogen-bond acceptors (Lipinski definition) is 4. The number of carboxylic acid groups (broad SMARTS) is 1. The molecule has 1 N–H and O–H groups in total. The zero-order valence-corrected chi connectivity index (χ0v) is 11.6. The predicted molar refractivity (Wildman–Crippen MR) is 76.8 cm³/mol. The number of rotatable bonds is 3. The van der Waals surface area contributed by atoms with Crippen molar-refractivity contribution in [2.45, 2.75) is 6.92 Å². The van der Waals surface area contributed by atoms with Gasteiger partial charge in [0, 0.05) is 5.56 Å². The lowest BCUT2D eigenvalue weighted by atomic mass is 10.0. The lowest BCUT2D eigenvalue weighted by molar-refractivity contribution is 0.0697. The van der Waals surface area contributed by atoms with Crippen LogP contribution >= 0.6 is 0 Å². The fourth-order valence-corrected chi connectivity index (χ4v) is 2.07. The van der Waals surface area contributed by atoms with E-state index in [4.69, 9.17) is 9.63 Å². The van der Waals surface area contributed by atoms with E-state index < -0.39 is 11.8 Å². The zero-order chi connectivity index (χ0) is 15.7. The molecule has 0 aliphatic heterocycles. The summed E-state index contributed by atoms with van der Waals surface area (Å²) in [7, 11) is 0. The van der Waals surface area contributed by atoms with E-state index in [0.717, 1.165) is 5.56 Å². The van der Waals surface area contributed by atoms with Crippen LogP contribution in [0, 0.1) is 12.7 Å². The standard InChI is InChI=1S/C16H11FN2O3/c1-9-6-7-10(16(20)21)8-12(9)14-18-15(22-19-14)11-4-2-3-5-13(11)17/h2-8H,1H3,(H,20,21). The second-order valence-electron chi connectivity index (χ2n) is 4.74. The Morgan fingerprint density at radius 3 is 2.68 bits per heavy atom. The minimum atomic E-state index is -1.04. The average Bonchev–Trinajstić information content (AvgIpc) is 2.97. The fourth-order valence-electron chi connectivity index (χ4n) is 2.07. The monoisotopic (exact) mass is 298 g/mol. The zero-order valence-electron chi connectivity index (χ0n) is 11.6. The first kappa shape index (κ1) is 13.9. The lowest BCUT2D eigenvalue weighted by Gasteiger charge is -2.02. The van der Waals surface area contributed by atoms with E-state index in [2.05, 4.69) is 10.1 Å². The largest absolute Gasteiger partial charge is 0.478 e. The number of hydrogen-bond donors (Lipinski definition) is 1. The number of carboxylic acids is 1. The Hall–Kier alpha value is -3.02. The molecule has 0 atom stereocenters. The minimum absolute atomic E-state index is 0.0493. The number of nitrogens with zero attached hydrogens (tertiary/aromatic N) is 2. The highest BCUT2D eigenvalue weighted by Crippen LogP contribution is 2.26. The number of carbonyl (C=O) groups is 1. The third-order valence-corrected chi connectivity index (χ3v) is 3.26. The molecule has 22 heavy (non-hydrogen) atoms. The maximum absolute atomic E-state index is 13.7. The van der Waals surface area contributed by atoms with Crippen LogP contribution < -0.4 is 0 Å². The van der Waals surface area contributed by atoms with Gasteiger partial charge in [-0.3, -0.25) is 0 Å². The van der Waals surface area contributed by atoms with Crippen molar-refractivity contribution < 1.29 is 18.8 Å². The molecule has 0 bridgehead atoms. The molecule has 110 valence electrons. The van der Waals surface area contributed by atoms with Crippen LogP contribution in [-0.2, 0) is 0 Å². The molecule has 1 heterocycles. The molecule has 1 aromatic heterocycles. The lowest BCUT2D eigenvalue weighted by Crippen LogP contribution is -1.97. The van der Waals surface area contributed by atoms with Crippen molar-refractivity contribution >= 4 is 5.97 Å². The van der Waals surface area contributed by atoms with Gasteiger partial charge in [0.1, 0.15) is 5.82 Å². The van der Waals surface area contributed by atoms with E-state index >= 15 is 0 Å². The molecule has 3 aromatic rings. The highest BCUT2D eigenvalue weighted by atomic mass is 19.1. The van der Waals surface area contributed by atoms with Crippen molar-refractivity contribution in [3.05, 3.63) is 59.4 Å². The van der Waals surface area contributed by atoms with Crippen LogP contribution in [0.2, 0.25) is 0 Å². The summed E-state index contributed by atoms with van der Waals surface area (Å²) in [6.45, 7) is 1.81. The summed E-state index contributed by atoms with van der Waals surface area (Å²) in [6.07, 6.45) is 0. The molecule has 2 aromatic carbocycles. The van der Waals surface area contributed by atoms with E-state index in [0.29, 0.717) is 5.56 Å². The van der Waals surface area contributed by atoms with Gasteiger partial charge < -0.3 is 9.63 Å². The normalized spacial score (nSPS) is 10.6. The third-order valence-electron chi connectivity index (χ3n) is 3.26. The van der Waals surface area contributed by atoms with Gasteiger partial charge in [-0.25, -0.2) is 9.18 Å². The Bertz CT molecular complexity index is 858. The van der Waals surface area contributed by atoms with Gasteiger partial charge in [-0.05, 0) is 36.8 Å². The van der Waals surface area contributed by atoms with E-state index in [1.54, 1.807) is 25.1 Å². The first-order valence-corrected chi connectivity index (χ1v) is 6.49. The van der Waals surface area contributed by atoms with E-state index in [1.807, 2.05) is 0 Å². The number of halogens is 1. The summed E-state index contributed by atoms with van der Waals surface area (Å²) < 4.78 is 18.8. The SMILES string of the molecule is Cc1ccc(C(=O)O)cc1-c1noc(-c2ccccc2F)n1. The Morgan fingerprint density at radius 1 is 1.18 bits per heavy atom. The molecule has 0 aliphatic carbocycles. The second kappa shape index (κ2) is 5.40. The molecule has 0 fully saturated rings. The Morgan fingerprint density at radius 2 is 1.95 bits per heavy atom. The summed E-state index contributed by atoms with van der Waals surface area (Å²) in [5.41, 5.74) is 1.66. The van der Waals surface area contributed by atoms with Crippen LogP contribution in [0.4, 0.5) is 4.39 Å². The molecule has 6 heteroatoms. The molecule has 0 amide bonds. The number of aromatic nitrogens is 2. The van der Waals surface area contributed by atoms with E-state index in [-0.39, 0.29) is 22.8 Å². The van der Waals surface area contributed by atoms with Crippen LogP contribution in [0.5, 0.6) is 0 Å². The smallest absolute Gasteiger partial charge is 0.335 e. The Balaban J connectivity index is 2.06. The first-order chi connectivity index (χ1) is 10.6. The van der Waals surface area contributed by atoms with Gasteiger partial charge >= 0.3 is 5.97 Å². The fraction of sp³-hybridized carbons (Fsp3) is 0.0625. The van der Waals surface area contributed by atoms with Gasteiger partial charge in [-0.2, -0.15) is 4.98 Å². The molecular formula is C16H11FN2O3. The van der Waals surface area contributed by atoms with Crippen LogP contribution in [0.25, 0.3) is 22.8 Å². The van der Waals surface area contributed by atoms with Gasteiger partial charge in [-0.15, -0.1) is 0 Å². The maximum Gasteiger partial charge on any atom is 0.335 e. The maximum atomic E-state index is 13.7. The molecule has 5 nitrogen and oxygen atoms in total. The molecule has 0 radical (unpaired) electrons. The summed E-state index contributed by atoms with van der Waals surface area (Å²) in [5.74, 6) is -1.24. The van der Waals surface area contributed by atoms with Crippen LogP contribution in [0.3, 0.4) is 0 Å². The molecule has 0 unspecified atom stereocenters. The van der Waals surface area contributed by atoms with Crippen molar-refractivity contribution in [2.75, 3.05) is 0 Å². The summed E-state index contributed by atoms with van der Waals surface area (Å²) >= 11 is 0. The number of aryl methyl sites for hydroxylation is 1.